The second-order valence-electron chi connectivity index (χ2n) is 2.94. The highest BCUT2D eigenvalue weighted by Crippen LogP contribution is 2.16. The van der Waals surface area contributed by atoms with Crippen LogP contribution < -0.4 is 16.6 Å². The summed E-state index contributed by atoms with van der Waals surface area (Å²) in [7, 11) is 0. The van der Waals surface area contributed by atoms with Gasteiger partial charge in [0.25, 0.3) is 5.91 Å². The molecule has 1 aromatic carbocycles. The van der Waals surface area contributed by atoms with Gasteiger partial charge in [0.1, 0.15) is 5.75 Å². The van der Waals surface area contributed by atoms with E-state index < -0.39 is 0 Å². The van der Waals surface area contributed by atoms with Gasteiger partial charge in [0.15, 0.2) is 5.11 Å². The average molecular weight is 225 g/mol. The van der Waals surface area contributed by atoms with E-state index in [1.54, 1.807) is 13.0 Å². The molecule has 0 aliphatic carbocycles. The first-order valence-electron chi connectivity index (χ1n) is 4.16. The summed E-state index contributed by atoms with van der Waals surface area (Å²) in [5.41, 5.74) is 10.8. The molecule has 1 amide bonds. The number of phenols is 1. The Kier molecular flexibility index (Phi) is 3.46. The predicted molar refractivity (Wildman–Crippen MR) is 60.2 cm³/mol. The Morgan fingerprint density at radius 1 is 1.47 bits per heavy atom. The molecular weight excluding hydrogens is 214 g/mol. The number of hydrogen-bond acceptors (Lipinski definition) is 3. The van der Waals surface area contributed by atoms with Crippen LogP contribution in [0.3, 0.4) is 0 Å². The maximum absolute atomic E-state index is 11.4. The Morgan fingerprint density at radius 3 is 2.67 bits per heavy atom. The van der Waals surface area contributed by atoms with Crippen molar-refractivity contribution < 1.29 is 9.90 Å². The predicted octanol–water partition coefficient (Wildman–Crippen LogP) is 0.179. The van der Waals surface area contributed by atoms with Gasteiger partial charge in [-0.05, 0) is 42.9 Å². The zero-order valence-electron chi connectivity index (χ0n) is 8.07. The summed E-state index contributed by atoms with van der Waals surface area (Å²) >= 11 is 4.52. The van der Waals surface area contributed by atoms with Crippen LogP contribution >= 0.6 is 12.2 Å². The number of amides is 1. The molecule has 1 rings (SSSR count). The van der Waals surface area contributed by atoms with E-state index in [1.807, 2.05) is 0 Å². The van der Waals surface area contributed by atoms with Gasteiger partial charge in [-0.25, -0.2) is 0 Å². The minimum Gasteiger partial charge on any atom is -0.508 e. The molecule has 0 aliphatic heterocycles. The third-order valence-electron chi connectivity index (χ3n) is 1.76. The van der Waals surface area contributed by atoms with Crippen LogP contribution in [-0.2, 0) is 0 Å². The second kappa shape index (κ2) is 4.61. The molecule has 0 bridgehead atoms. The molecule has 0 heterocycles. The lowest BCUT2D eigenvalue weighted by atomic mass is 10.1. The zero-order chi connectivity index (χ0) is 11.4. The molecule has 0 aromatic heterocycles. The first-order valence-corrected chi connectivity index (χ1v) is 4.57. The molecular formula is C9H11N3O2S. The molecule has 5 N–H and O–H groups in total. The molecule has 0 saturated heterocycles. The molecule has 0 spiro atoms. The van der Waals surface area contributed by atoms with E-state index in [0.29, 0.717) is 11.1 Å². The van der Waals surface area contributed by atoms with E-state index in [2.05, 4.69) is 23.1 Å². The summed E-state index contributed by atoms with van der Waals surface area (Å²) in [5.74, 6) is -0.222. The summed E-state index contributed by atoms with van der Waals surface area (Å²) in [6.45, 7) is 1.70. The Balaban J connectivity index is 2.74. The number of nitrogens with one attached hydrogen (secondary N) is 2. The Bertz CT molecular complexity index is 406. The minimum absolute atomic E-state index is 0.0150. The molecule has 80 valence electrons. The van der Waals surface area contributed by atoms with Gasteiger partial charge in [-0.2, -0.15) is 0 Å². The molecule has 0 fully saturated rings. The summed E-state index contributed by atoms with van der Waals surface area (Å²) < 4.78 is 0. The number of carbonyl (C=O) groups is 1. The summed E-state index contributed by atoms with van der Waals surface area (Å²) in [6, 6.07) is 4.51. The monoisotopic (exact) mass is 225 g/mol. The fourth-order valence-electron chi connectivity index (χ4n) is 0.987. The van der Waals surface area contributed by atoms with Gasteiger partial charge in [-0.3, -0.25) is 15.6 Å². The fourth-order valence-corrected chi connectivity index (χ4v) is 1.04. The summed E-state index contributed by atoms with van der Waals surface area (Å²) in [6.07, 6.45) is 0. The van der Waals surface area contributed by atoms with Crippen LogP contribution in [0, 0.1) is 6.92 Å². The largest absolute Gasteiger partial charge is 0.508 e. The van der Waals surface area contributed by atoms with Crippen LogP contribution in [0.1, 0.15) is 15.9 Å². The molecule has 15 heavy (non-hydrogen) atoms. The lowest BCUT2D eigenvalue weighted by Crippen LogP contribution is -2.44. The van der Waals surface area contributed by atoms with Gasteiger partial charge < -0.3 is 10.8 Å². The SMILES string of the molecule is Cc1cc(C(=O)NNC(N)=S)ccc1O. The van der Waals surface area contributed by atoms with Crippen molar-refractivity contribution in [3.8, 4) is 5.75 Å². The van der Waals surface area contributed by atoms with Crippen molar-refractivity contribution in [3.05, 3.63) is 29.3 Å². The van der Waals surface area contributed by atoms with E-state index in [-0.39, 0.29) is 16.8 Å². The van der Waals surface area contributed by atoms with E-state index in [1.165, 1.54) is 12.1 Å². The summed E-state index contributed by atoms with van der Waals surface area (Å²) in [5, 5.41) is 9.24. The average Bonchev–Trinajstić information content (AvgIpc) is 2.18. The molecule has 6 heteroatoms. The minimum atomic E-state index is -0.370. The number of thiocarbonyl (C=S) groups is 1. The zero-order valence-corrected chi connectivity index (χ0v) is 8.89. The molecule has 1 aromatic rings. The lowest BCUT2D eigenvalue weighted by molar-refractivity contribution is 0.0944. The molecule has 5 nitrogen and oxygen atoms in total. The van der Waals surface area contributed by atoms with Crippen molar-refractivity contribution in [3.63, 3.8) is 0 Å². The maximum Gasteiger partial charge on any atom is 0.269 e. The number of benzene rings is 1. The normalized spacial score (nSPS) is 9.40. The Labute approximate surface area is 92.3 Å². The van der Waals surface area contributed by atoms with E-state index in [0.717, 1.165) is 0 Å². The quantitative estimate of drug-likeness (QED) is 0.404. The summed E-state index contributed by atoms with van der Waals surface area (Å²) in [4.78, 5) is 11.4. The van der Waals surface area contributed by atoms with Crippen LogP contribution in [0.2, 0.25) is 0 Å². The maximum atomic E-state index is 11.4. The molecule has 0 atom stereocenters. The van der Waals surface area contributed by atoms with Crippen molar-refractivity contribution >= 4 is 23.2 Å². The van der Waals surface area contributed by atoms with Crippen LogP contribution in [0.5, 0.6) is 5.75 Å². The number of phenolic OH excluding ortho intramolecular Hbond substituents is 1. The van der Waals surface area contributed by atoms with Crippen molar-refractivity contribution in [2.75, 3.05) is 0 Å². The van der Waals surface area contributed by atoms with Gasteiger partial charge in [-0.15, -0.1) is 0 Å². The third-order valence-corrected chi connectivity index (χ3v) is 1.86. The van der Waals surface area contributed by atoms with Crippen LogP contribution in [0.15, 0.2) is 18.2 Å². The van der Waals surface area contributed by atoms with Gasteiger partial charge in [0.2, 0.25) is 0 Å². The highest BCUT2D eigenvalue weighted by Gasteiger charge is 2.06. The number of aromatic hydroxyl groups is 1. The van der Waals surface area contributed by atoms with E-state index in [4.69, 9.17) is 5.73 Å². The Hall–Kier alpha value is -1.82. The van der Waals surface area contributed by atoms with Gasteiger partial charge in [0.05, 0.1) is 0 Å². The number of carbonyl (C=O) groups excluding carboxylic acids is 1. The van der Waals surface area contributed by atoms with Crippen LogP contribution in [0.25, 0.3) is 0 Å². The molecule has 0 saturated carbocycles. The number of hydrazine groups is 1. The van der Waals surface area contributed by atoms with Crippen molar-refractivity contribution in [1.82, 2.24) is 10.9 Å². The van der Waals surface area contributed by atoms with Crippen molar-refractivity contribution in [1.29, 1.82) is 0 Å². The number of nitrogens with two attached hydrogens (primary N) is 1. The lowest BCUT2D eigenvalue weighted by Gasteiger charge is -2.07. The molecule has 0 aliphatic rings. The van der Waals surface area contributed by atoms with Crippen molar-refractivity contribution in [2.24, 2.45) is 5.73 Å². The first-order chi connectivity index (χ1) is 7.00. The highest BCUT2D eigenvalue weighted by atomic mass is 32.1. The van der Waals surface area contributed by atoms with E-state index in [9.17, 15) is 9.90 Å². The van der Waals surface area contributed by atoms with E-state index >= 15 is 0 Å². The number of aryl methyl sites for hydroxylation is 1. The Morgan fingerprint density at radius 2 is 2.13 bits per heavy atom. The van der Waals surface area contributed by atoms with Crippen LogP contribution in [0.4, 0.5) is 0 Å². The standard InChI is InChI=1S/C9H11N3O2S/c1-5-4-6(2-3-7(5)13)8(14)11-12-9(10)15/h2-4,13H,1H3,(H,11,14)(H3,10,12,15). The number of rotatable bonds is 1. The number of hydrogen-bond donors (Lipinski definition) is 4. The van der Waals surface area contributed by atoms with Gasteiger partial charge in [-0.1, -0.05) is 0 Å². The second-order valence-corrected chi connectivity index (χ2v) is 3.38. The highest BCUT2D eigenvalue weighted by molar-refractivity contribution is 7.80. The van der Waals surface area contributed by atoms with Gasteiger partial charge >= 0.3 is 0 Å². The first kappa shape index (κ1) is 11.3. The molecule has 0 radical (unpaired) electrons. The van der Waals surface area contributed by atoms with Crippen molar-refractivity contribution in [2.45, 2.75) is 6.92 Å². The topological polar surface area (TPSA) is 87.4 Å². The smallest absolute Gasteiger partial charge is 0.269 e. The fraction of sp³-hybridized carbons (Fsp3) is 0.111. The molecule has 0 unspecified atom stereocenters. The third kappa shape index (κ3) is 3.10. The van der Waals surface area contributed by atoms with Crippen LogP contribution in [-0.4, -0.2) is 16.1 Å². The van der Waals surface area contributed by atoms with Gasteiger partial charge in [0, 0.05) is 5.56 Å².